The molecule has 3 amide bonds. The van der Waals surface area contributed by atoms with E-state index in [4.69, 9.17) is 5.26 Å². The summed E-state index contributed by atoms with van der Waals surface area (Å²) in [4.78, 5) is 37.9. The Hall–Kier alpha value is -3.14. The number of anilines is 2. The summed E-state index contributed by atoms with van der Waals surface area (Å²) in [5.41, 5.74) is 1.24. The van der Waals surface area contributed by atoms with Gasteiger partial charge in [0.05, 0.1) is 6.42 Å². The normalized spacial score (nSPS) is 18.1. The number of carbonyl (C=O) groups is 3. The number of Topliss-reactive ketones (excluding diaryl/α,β-unsaturated/α-hetero) is 1. The van der Waals surface area contributed by atoms with Crippen LogP contribution in [0.15, 0.2) is 36.0 Å². The first kappa shape index (κ1) is 13.8. The van der Waals surface area contributed by atoms with Gasteiger partial charge in [0, 0.05) is 30.7 Å². The maximum atomic E-state index is 11.9. The molecular formula is C15H12N4O3. The van der Waals surface area contributed by atoms with Gasteiger partial charge < -0.3 is 5.32 Å². The molecule has 0 radical (unpaired) electrons. The molecule has 1 aromatic rings. The predicted molar refractivity (Wildman–Crippen MR) is 78.0 cm³/mol. The Morgan fingerprint density at radius 2 is 1.77 bits per heavy atom. The van der Waals surface area contributed by atoms with E-state index in [2.05, 4.69) is 5.32 Å². The van der Waals surface area contributed by atoms with Crippen molar-refractivity contribution in [1.82, 2.24) is 5.32 Å². The molecule has 2 aliphatic rings. The fourth-order valence-corrected chi connectivity index (χ4v) is 2.41. The van der Waals surface area contributed by atoms with Crippen LogP contribution in [0.2, 0.25) is 0 Å². The molecule has 1 N–H and O–H groups in total. The first-order chi connectivity index (χ1) is 10.6. The molecule has 110 valence electrons. The third-order valence-corrected chi connectivity index (χ3v) is 3.56. The van der Waals surface area contributed by atoms with Crippen LogP contribution in [0.5, 0.6) is 0 Å². The van der Waals surface area contributed by atoms with E-state index in [9.17, 15) is 14.4 Å². The number of amides is 3. The van der Waals surface area contributed by atoms with Gasteiger partial charge in [-0.25, -0.2) is 4.79 Å². The van der Waals surface area contributed by atoms with Gasteiger partial charge in [-0.2, -0.15) is 5.26 Å². The molecule has 0 unspecified atom stereocenters. The fraction of sp³-hybridized carbons (Fsp3) is 0.200. The summed E-state index contributed by atoms with van der Waals surface area (Å²) in [5.74, 6) is -0.843. The Kier molecular flexibility index (Phi) is 3.35. The minimum atomic E-state index is -0.464. The largest absolute Gasteiger partial charge is 0.336 e. The second kappa shape index (κ2) is 5.33. The van der Waals surface area contributed by atoms with Crippen molar-refractivity contribution >= 4 is 29.1 Å². The maximum absolute atomic E-state index is 11.9. The smallest absolute Gasteiger partial charge is 0.321 e. The zero-order chi connectivity index (χ0) is 15.7. The van der Waals surface area contributed by atoms with E-state index in [0.717, 1.165) is 5.69 Å². The maximum Gasteiger partial charge on any atom is 0.321 e. The molecule has 1 fully saturated rings. The average Bonchev–Trinajstić information content (AvgIpc) is 2.94. The van der Waals surface area contributed by atoms with E-state index >= 15 is 0 Å². The number of hydrogen-bond acceptors (Lipinski definition) is 4. The SMILES string of the molecule is N#CC1=CN(c2ccc(N3CCNC3=O)cc2)C(=O)CC1=O. The number of nitrogens with zero attached hydrogens (tertiary/aromatic N) is 3. The molecule has 0 aromatic heterocycles. The molecule has 0 spiro atoms. The lowest BCUT2D eigenvalue weighted by Crippen LogP contribution is -2.33. The van der Waals surface area contributed by atoms with E-state index in [1.165, 1.54) is 11.1 Å². The Morgan fingerprint density at radius 3 is 2.36 bits per heavy atom. The van der Waals surface area contributed by atoms with Gasteiger partial charge in [-0.15, -0.1) is 0 Å². The van der Waals surface area contributed by atoms with Gasteiger partial charge in [0.2, 0.25) is 5.91 Å². The number of rotatable bonds is 2. The van der Waals surface area contributed by atoms with Gasteiger partial charge in [0.1, 0.15) is 11.6 Å². The summed E-state index contributed by atoms with van der Waals surface area (Å²) in [6, 6.07) is 8.45. The van der Waals surface area contributed by atoms with Crippen molar-refractivity contribution in [3.63, 3.8) is 0 Å². The molecule has 3 rings (SSSR count). The van der Waals surface area contributed by atoms with E-state index in [1.54, 1.807) is 35.2 Å². The second-order valence-electron chi connectivity index (χ2n) is 4.92. The molecule has 0 saturated carbocycles. The first-order valence-corrected chi connectivity index (χ1v) is 6.73. The van der Waals surface area contributed by atoms with Crippen molar-refractivity contribution in [2.45, 2.75) is 6.42 Å². The number of hydrogen-bond donors (Lipinski definition) is 1. The van der Waals surface area contributed by atoms with E-state index < -0.39 is 5.78 Å². The number of nitriles is 1. The summed E-state index contributed by atoms with van der Waals surface area (Å²) in [6.07, 6.45) is 0.946. The van der Waals surface area contributed by atoms with Gasteiger partial charge in [-0.05, 0) is 24.3 Å². The van der Waals surface area contributed by atoms with Crippen LogP contribution in [-0.2, 0) is 9.59 Å². The number of ketones is 1. The van der Waals surface area contributed by atoms with Crippen molar-refractivity contribution in [1.29, 1.82) is 5.26 Å². The number of benzene rings is 1. The Balaban J connectivity index is 1.88. The number of urea groups is 1. The molecule has 7 nitrogen and oxygen atoms in total. The molecule has 2 aliphatic heterocycles. The van der Waals surface area contributed by atoms with E-state index in [1.807, 2.05) is 0 Å². The van der Waals surface area contributed by atoms with Crippen LogP contribution in [0.4, 0.5) is 16.2 Å². The highest BCUT2D eigenvalue weighted by Crippen LogP contribution is 2.25. The summed E-state index contributed by atoms with van der Waals surface area (Å²) >= 11 is 0. The third kappa shape index (κ3) is 2.31. The van der Waals surface area contributed by atoms with E-state index in [-0.39, 0.29) is 23.9 Å². The molecular weight excluding hydrogens is 284 g/mol. The molecule has 7 heteroatoms. The number of carbonyl (C=O) groups excluding carboxylic acids is 3. The highest BCUT2D eigenvalue weighted by molar-refractivity contribution is 6.17. The lowest BCUT2D eigenvalue weighted by Gasteiger charge is -2.23. The quantitative estimate of drug-likeness (QED) is 0.821. The van der Waals surface area contributed by atoms with Gasteiger partial charge in [-0.1, -0.05) is 0 Å². The van der Waals surface area contributed by atoms with Crippen LogP contribution in [0, 0.1) is 11.3 Å². The number of nitrogens with one attached hydrogen (secondary N) is 1. The lowest BCUT2D eigenvalue weighted by molar-refractivity contribution is -0.125. The minimum Gasteiger partial charge on any atom is -0.336 e. The van der Waals surface area contributed by atoms with Crippen LogP contribution < -0.4 is 15.1 Å². The summed E-state index contributed by atoms with van der Waals surface area (Å²) in [5, 5.41) is 11.6. The second-order valence-corrected chi connectivity index (χ2v) is 4.92. The molecule has 1 aromatic carbocycles. The molecule has 1 saturated heterocycles. The highest BCUT2D eigenvalue weighted by atomic mass is 16.2. The van der Waals surface area contributed by atoms with Gasteiger partial charge in [-0.3, -0.25) is 19.4 Å². The Labute approximate surface area is 126 Å². The molecule has 0 bridgehead atoms. The van der Waals surface area contributed by atoms with Crippen molar-refractivity contribution in [3.8, 4) is 6.07 Å². The molecule has 0 atom stereocenters. The average molecular weight is 296 g/mol. The third-order valence-electron chi connectivity index (χ3n) is 3.56. The molecule has 2 heterocycles. The topological polar surface area (TPSA) is 93.5 Å². The molecule has 0 aliphatic carbocycles. The highest BCUT2D eigenvalue weighted by Gasteiger charge is 2.27. The van der Waals surface area contributed by atoms with Gasteiger partial charge in [0.15, 0.2) is 5.78 Å². The monoisotopic (exact) mass is 296 g/mol. The number of allylic oxidation sites excluding steroid dienone is 1. The Bertz CT molecular complexity index is 730. The minimum absolute atomic E-state index is 0.0393. The van der Waals surface area contributed by atoms with Crippen LogP contribution in [0.1, 0.15) is 6.42 Å². The van der Waals surface area contributed by atoms with Crippen LogP contribution in [0.25, 0.3) is 0 Å². The van der Waals surface area contributed by atoms with Crippen molar-refractivity contribution in [2.24, 2.45) is 0 Å². The fourth-order valence-electron chi connectivity index (χ4n) is 2.41. The van der Waals surface area contributed by atoms with Crippen molar-refractivity contribution < 1.29 is 14.4 Å². The molecule has 22 heavy (non-hydrogen) atoms. The lowest BCUT2D eigenvalue weighted by atomic mass is 10.1. The zero-order valence-corrected chi connectivity index (χ0v) is 11.6. The van der Waals surface area contributed by atoms with Gasteiger partial charge >= 0.3 is 6.03 Å². The summed E-state index contributed by atoms with van der Waals surface area (Å²) in [7, 11) is 0. The zero-order valence-electron chi connectivity index (χ0n) is 11.6. The predicted octanol–water partition coefficient (Wildman–Crippen LogP) is 0.929. The van der Waals surface area contributed by atoms with E-state index in [0.29, 0.717) is 18.8 Å². The van der Waals surface area contributed by atoms with Crippen LogP contribution >= 0.6 is 0 Å². The van der Waals surface area contributed by atoms with Crippen molar-refractivity contribution in [2.75, 3.05) is 22.9 Å². The summed E-state index contributed by atoms with van der Waals surface area (Å²) in [6.45, 7) is 1.19. The summed E-state index contributed by atoms with van der Waals surface area (Å²) < 4.78 is 0. The van der Waals surface area contributed by atoms with Crippen LogP contribution in [0.3, 0.4) is 0 Å². The van der Waals surface area contributed by atoms with Crippen molar-refractivity contribution in [3.05, 3.63) is 36.0 Å². The first-order valence-electron chi connectivity index (χ1n) is 6.73. The van der Waals surface area contributed by atoms with Crippen LogP contribution in [-0.4, -0.2) is 30.8 Å². The standard InChI is InChI=1S/C15H12N4O3/c16-8-10-9-19(14(21)7-13(10)20)12-3-1-11(2-4-12)18-6-5-17-15(18)22/h1-4,9H,5-7H2,(H,17,22). The Morgan fingerprint density at radius 1 is 1.09 bits per heavy atom. The van der Waals surface area contributed by atoms with Gasteiger partial charge in [0.25, 0.3) is 0 Å².